The van der Waals surface area contributed by atoms with E-state index in [4.69, 9.17) is 5.11 Å². The highest BCUT2D eigenvalue weighted by molar-refractivity contribution is 6.00. The van der Waals surface area contributed by atoms with Crippen molar-refractivity contribution in [1.29, 1.82) is 0 Å². The molecule has 0 bridgehead atoms. The van der Waals surface area contributed by atoms with Crippen molar-refractivity contribution in [2.45, 2.75) is 6.92 Å². The number of aromatic amines is 2. The molecule has 4 aromatic rings. The van der Waals surface area contributed by atoms with Gasteiger partial charge in [-0.1, -0.05) is 12.1 Å². The van der Waals surface area contributed by atoms with Crippen LogP contribution in [-0.2, 0) is 0 Å². The van der Waals surface area contributed by atoms with E-state index in [1.54, 1.807) is 12.1 Å². The summed E-state index contributed by atoms with van der Waals surface area (Å²) < 4.78 is 0. The topological polar surface area (TPSA) is 120 Å². The molecule has 3 N–H and O–H groups in total. The number of aromatic carboxylic acids is 1. The molecule has 2 aromatic carbocycles. The van der Waals surface area contributed by atoms with Crippen molar-refractivity contribution >= 4 is 28.0 Å². The number of carboxylic acid groups (broad SMARTS) is 1. The molecule has 8 heteroatoms. The van der Waals surface area contributed by atoms with E-state index in [0.29, 0.717) is 11.0 Å². The summed E-state index contributed by atoms with van der Waals surface area (Å²) in [6.07, 6.45) is 0. The van der Waals surface area contributed by atoms with Gasteiger partial charge in [0.2, 0.25) is 0 Å². The van der Waals surface area contributed by atoms with E-state index in [9.17, 15) is 4.79 Å². The summed E-state index contributed by atoms with van der Waals surface area (Å²) in [4.78, 5) is 10.6. The lowest BCUT2D eigenvalue weighted by molar-refractivity contribution is 0.0699. The highest BCUT2D eigenvalue weighted by atomic mass is 16.4. The van der Waals surface area contributed by atoms with Crippen molar-refractivity contribution in [3.63, 3.8) is 0 Å². The molecular weight excluding hydrogens is 284 g/mol. The van der Waals surface area contributed by atoms with Crippen LogP contribution in [0.15, 0.2) is 36.4 Å². The number of aromatic nitrogens is 6. The van der Waals surface area contributed by atoms with Gasteiger partial charge in [-0.05, 0) is 36.8 Å². The zero-order chi connectivity index (χ0) is 15.5. The van der Waals surface area contributed by atoms with Crippen molar-refractivity contribution in [2.24, 2.45) is 0 Å². The molecule has 0 aliphatic rings. The number of hydrogen-bond donors (Lipinski definition) is 3. The van der Waals surface area contributed by atoms with Gasteiger partial charge in [0.05, 0.1) is 5.56 Å². The number of H-pyrrole nitrogens is 2. The molecule has 2 heterocycles. The molecule has 4 rings (SSSR count). The van der Waals surface area contributed by atoms with Crippen LogP contribution in [0.1, 0.15) is 15.9 Å². The minimum Gasteiger partial charge on any atom is -0.478 e. The van der Waals surface area contributed by atoms with Crippen LogP contribution in [-0.4, -0.2) is 41.9 Å². The second kappa shape index (κ2) is 5.60. The fourth-order valence-corrected chi connectivity index (χ4v) is 1.99. The average Bonchev–Trinajstić information content (AvgIpc) is 3.15. The zero-order valence-corrected chi connectivity index (χ0v) is 11.6. The third-order valence-corrected chi connectivity index (χ3v) is 3.05. The number of hydrogen-bond acceptors (Lipinski definition) is 5. The van der Waals surface area contributed by atoms with E-state index in [1.165, 1.54) is 11.6 Å². The molecule has 0 atom stereocenters. The predicted octanol–water partition coefficient (Wildman–Crippen LogP) is 1.92. The first-order chi connectivity index (χ1) is 10.6. The van der Waals surface area contributed by atoms with Crippen LogP contribution >= 0.6 is 0 Å². The number of benzene rings is 2. The first kappa shape index (κ1) is 13.7. The quantitative estimate of drug-likeness (QED) is 0.493. The number of fused-ring (bicyclic) bond motifs is 2. The summed E-state index contributed by atoms with van der Waals surface area (Å²) in [5, 5.41) is 29.0. The first-order valence-electron chi connectivity index (χ1n) is 6.45. The number of rotatable bonds is 1. The van der Waals surface area contributed by atoms with Crippen LogP contribution in [0.3, 0.4) is 0 Å². The largest absolute Gasteiger partial charge is 0.478 e. The number of aryl methyl sites for hydroxylation is 1. The van der Waals surface area contributed by atoms with E-state index in [0.717, 1.165) is 11.0 Å². The van der Waals surface area contributed by atoms with Crippen LogP contribution < -0.4 is 0 Å². The smallest absolute Gasteiger partial charge is 0.338 e. The Balaban J connectivity index is 0.000000133. The molecule has 2 aromatic heterocycles. The van der Waals surface area contributed by atoms with Gasteiger partial charge >= 0.3 is 5.97 Å². The highest BCUT2D eigenvalue weighted by Gasteiger charge is 2.09. The third-order valence-electron chi connectivity index (χ3n) is 3.05. The van der Waals surface area contributed by atoms with Crippen LogP contribution in [0.25, 0.3) is 22.1 Å². The Kier molecular flexibility index (Phi) is 3.48. The van der Waals surface area contributed by atoms with Gasteiger partial charge in [-0.3, -0.25) is 0 Å². The van der Waals surface area contributed by atoms with E-state index in [-0.39, 0.29) is 5.56 Å². The lowest BCUT2D eigenvalue weighted by atomic mass is 10.2. The van der Waals surface area contributed by atoms with E-state index in [1.807, 2.05) is 25.1 Å². The summed E-state index contributed by atoms with van der Waals surface area (Å²) in [6, 6.07) is 10.8. The maximum atomic E-state index is 10.6. The molecule has 0 radical (unpaired) electrons. The molecule has 0 spiro atoms. The Morgan fingerprint density at radius 1 is 0.955 bits per heavy atom. The van der Waals surface area contributed by atoms with E-state index < -0.39 is 5.97 Å². The van der Waals surface area contributed by atoms with Gasteiger partial charge in [0.1, 0.15) is 22.1 Å². The molecule has 0 saturated heterocycles. The van der Waals surface area contributed by atoms with Crippen LogP contribution in [0.2, 0.25) is 0 Å². The first-order valence-corrected chi connectivity index (χ1v) is 6.45. The normalized spacial score (nSPS) is 10.4. The second-order valence-electron chi connectivity index (χ2n) is 4.62. The lowest BCUT2D eigenvalue weighted by Gasteiger charge is -1.91. The van der Waals surface area contributed by atoms with Gasteiger partial charge < -0.3 is 5.11 Å². The Bertz CT molecular complexity index is 942. The van der Waals surface area contributed by atoms with Crippen LogP contribution in [0, 0.1) is 6.92 Å². The second-order valence-corrected chi connectivity index (χ2v) is 4.62. The van der Waals surface area contributed by atoms with Crippen molar-refractivity contribution in [1.82, 2.24) is 30.8 Å². The maximum absolute atomic E-state index is 10.6. The highest BCUT2D eigenvalue weighted by Crippen LogP contribution is 2.12. The summed E-state index contributed by atoms with van der Waals surface area (Å²) in [7, 11) is 0. The average molecular weight is 296 g/mol. The minimum atomic E-state index is -0.991. The lowest BCUT2D eigenvalue weighted by Crippen LogP contribution is -1.96. The summed E-state index contributed by atoms with van der Waals surface area (Å²) in [6.45, 7) is 2.04. The fourth-order valence-electron chi connectivity index (χ4n) is 1.99. The monoisotopic (exact) mass is 296 g/mol. The predicted molar refractivity (Wildman–Crippen MR) is 79.5 cm³/mol. The Morgan fingerprint density at radius 2 is 1.68 bits per heavy atom. The van der Waals surface area contributed by atoms with Crippen molar-refractivity contribution in [3.8, 4) is 0 Å². The van der Waals surface area contributed by atoms with Gasteiger partial charge in [0, 0.05) is 0 Å². The molecule has 0 unspecified atom stereocenters. The molecular formula is C14H12N6O2. The van der Waals surface area contributed by atoms with Crippen LogP contribution in [0.5, 0.6) is 0 Å². The number of para-hydroxylation sites is 1. The Morgan fingerprint density at radius 3 is 2.50 bits per heavy atom. The minimum absolute atomic E-state index is 0.168. The van der Waals surface area contributed by atoms with Gasteiger partial charge in [-0.15, -0.1) is 0 Å². The molecule has 0 saturated carbocycles. The molecule has 22 heavy (non-hydrogen) atoms. The third kappa shape index (κ3) is 2.62. The number of carboxylic acids is 1. The van der Waals surface area contributed by atoms with Crippen molar-refractivity contribution in [3.05, 3.63) is 47.5 Å². The Hall–Kier alpha value is -3.29. The van der Waals surface area contributed by atoms with E-state index in [2.05, 4.69) is 30.8 Å². The summed E-state index contributed by atoms with van der Waals surface area (Å²) in [5.74, 6) is -0.991. The van der Waals surface area contributed by atoms with E-state index >= 15 is 0 Å². The molecule has 8 nitrogen and oxygen atoms in total. The van der Waals surface area contributed by atoms with Crippen molar-refractivity contribution in [2.75, 3.05) is 0 Å². The number of nitrogens with one attached hydrogen (secondary N) is 2. The molecule has 0 aliphatic heterocycles. The van der Waals surface area contributed by atoms with Gasteiger partial charge in [0.25, 0.3) is 0 Å². The number of nitrogens with zero attached hydrogens (tertiary/aromatic N) is 4. The van der Waals surface area contributed by atoms with Gasteiger partial charge in [0.15, 0.2) is 0 Å². The van der Waals surface area contributed by atoms with Gasteiger partial charge in [-0.25, -0.2) is 4.79 Å². The number of carbonyl (C=O) groups is 1. The summed E-state index contributed by atoms with van der Waals surface area (Å²) in [5.41, 5.74) is 4.19. The van der Waals surface area contributed by atoms with Gasteiger partial charge in [-0.2, -0.15) is 30.8 Å². The van der Waals surface area contributed by atoms with Crippen molar-refractivity contribution < 1.29 is 9.90 Å². The molecule has 110 valence electrons. The fraction of sp³-hybridized carbons (Fsp3) is 0.0714. The maximum Gasteiger partial charge on any atom is 0.338 e. The molecule has 0 aliphatic carbocycles. The Labute approximate surface area is 124 Å². The SMILES string of the molecule is Cc1ccc2n[nH]nc2c1.O=C(O)c1cccc2n[nH]nc12. The molecule has 0 fully saturated rings. The van der Waals surface area contributed by atoms with Crippen LogP contribution in [0.4, 0.5) is 0 Å². The zero-order valence-electron chi connectivity index (χ0n) is 11.6. The standard InChI is InChI=1S/C7H5N3O2.C7H7N3/c11-7(12)4-2-1-3-5-6(4)9-10-8-5;1-5-2-3-6-7(4-5)9-10-8-6/h1-3H,(H,11,12)(H,8,9,10);2-4H,1H3,(H,8,9,10). The molecule has 0 amide bonds. The summed E-state index contributed by atoms with van der Waals surface area (Å²) >= 11 is 0.